The molecular formula is C15H22N2O3. The number of nitrogens with one attached hydrogen (secondary N) is 2. The first-order valence-corrected chi connectivity index (χ1v) is 6.87. The summed E-state index contributed by atoms with van der Waals surface area (Å²) < 4.78 is 0. The molecule has 0 aliphatic carbocycles. The number of hydrogen-bond donors (Lipinski definition) is 3. The monoisotopic (exact) mass is 278 g/mol. The number of carbonyl (C=O) groups excluding carboxylic acids is 1. The van der Waals surface area contributed by atoms with Gasteiger partial charge in [0.25, 0.3) is 0 Å². The number of unbranched alkanes of at least 4 members (excludes halogenated alkanes) is 2. The van der Waals surface area contributed by atoms with E-state index in [2.05, 4.69) is 10.6 Å². The fourth-order valence-corrected chi connectivity index (χ4v) is 1.83. The molecule has 2 amide bonds. The van der Waals surface area contributed by atoms with E-state index in [9.17, 15) is 9.59 Å². The summed E-state index contributed by atoms with van der Waals surface area (Å²) in [5, 5.41) is 14.0. The summed E-state index contributed by atoms with van der Waals surface area (Å²) in [7, 11) is 0. The van der Waals surface area contributed by atoms with Gasteiger partial charge in [-0.2, -0.15) is 0 Å². The van der Waals surface area contributed by atoms with Crippen molar-refractivity contribution in [3.8, 4) is 0 Å². The fraction of sp³-hybridized carbons (Fsp3) is 0.467. The van der Waals surface area contributed by atoms with Gasteiger partial charge in [0.1, 0.15) is 0 Å². The highest BCUT2D eigenvalue weighted by Gasteiger charge is 2.02. The second kappa shape index (κ2) is 8.96. The third-order valence-electron chi connectivity index (χ3n) is 3.05. The zero-order chi connectivity index (χ0) is 14.8. The van der Waals surface area contributed by atoms with E-state index in [-0.39, 0.29) is 12.5 Å². The van der Waals surface area contributed by atoms with Crippen molar-refractivity contribution in [1.29, 1.82) is 0 Å². The van der Waals surface area contributed by atoms with E-state index in [1.807, 2.05) is 31.2 Å². The van der Waals surface area contributed by atoms with E-state index in [1.165, 1.54) is 0 Å². The van der Waals surface area contributed by atoms with Crippen molar-refractivity contribution in [2.45, 2.75) is 39.2 Å². The van der Waals surface area contributed by atoms with Gasteiger partial charge in [0, 0.05) is 19.5 Å². The molecule has 1 aromatic rings. The third-order valence-corrected chi connectivity index (χ3v) is 3.05. The van der Waals surface area contributed by atoms with Crippen LogP contribution in [0.25, 0.3) is 0 Å². The number of amides is 2. The van der Waals surface area contributed by atoms with Crippen molar-refractivity contribution in [1.82, 2.24) is 10.6 Å². The second-order valence-corrected chi connectivity index (χ2v) is 4.74. The fourth-order valence-electron chi connectivity index (χ4n) is 1.83. The maximum atomic E-state index is 11.6. The molecule has 5 heteroatoms. The van der Waals surface area contributed by atoms with Gasteiger partial charge in [-0.25, -0.2) is 4.79 Å². The zero-order valence-electron chi connectivity index (χ0n) is 11.8. The minimum absolute atomic E-state index is 0.188. The molecule has 0 saturated carbocycles. The van der Waals surface area contributed by atoms with Crippen molar-refractivity contribution >= 4 is 12.0 Å². The lowest BCUT2D eigenvalue weighted by molar-refractivity contribution is -0.137. The molecule has 5 nitrogen and oxygen atoms in total. The average Bonchev–Trinajstić information content (AvgIpc) is 2.41. The average molecular weight is 278 g/mol. The van der Waals surface area contributed by atoms with Crippen LogP contribution in [0.3, 0.4) is 0 Å². The summed E-state index contributed by atoms with van der Waals surface area (Å²) in [4.78, 5) is 21.9. The largest absolute Gasteiger partial charge is 0.481 e. The van der Waals surface area contributed by atoms with Gasteiger partial charge >= 0.3 is 12.0 Å². The van der Waals surface area contributed by atoms with Gasteiger partial charge in [0.2, 0.25) is 0 Å². The molecule has 110 valence electrons. The maximum absolute atomic E-state index is 11.6. The molecule has 0 unspecified atom stereocenters. The molecule has 3 N–H and O–H groups in total. The van der Waals surface area contributed by atoms with Crippen molar-refractivity contribution in [3.63, 3.8) is 0 Å². The second-order valence-electron chi connectivity index (χ2n) is 4.74. The van der Waals surface area contributed by atoms with E-state index >= 15 is 0 Å². The number of aryl methyl sites for hydroxylation is 1. The van der Waals surface area contributed by atoms with Gasteiger partial charge in [-0.15, -0.1) is 0 Å². The normalized spacial score (nSPS) is 10.1. The minimum Gasteiger partial charge on any atom is -0.481 e. The number of carbonyl (C=O) groups is 2. The number of aliphatic carboxylic acids is 1. The highest BCUT2D eigenvalue weighted by atomic mass is 16.4. The third kappa shape index (κ3) is 6.78. The molecule has 0 fully saturated rings. The van der Waals surface area contributed by atoms with Crippen molar-refractivity contribution in [2.24, 2.45) is 0 Å². The standard InChI is InChI=1S/C15H22N2O3/c1-12-7-4-5-8-13(12)11-17-15(20)16-10-6-2-3-9-14(18)19/h4-5,7-8H,2-3,6,9-11H2,1H3,(H,18,19)(H2,16,17,20). The van der Waals surface area contributed by atoms with Gasteiger partial charge < -0.3 is 15.7 Å². The number of rotatable bonds is 8. The van der Waals surface area contributed by atoms with Gasteiger partial charge in [0.05, 0.1) is 0 Å². The lowest BCUT2D eigenvalue weighted by Crippen LogP contribution is -2.35. The Labute approximate surface area is 119 Å². The number of urea groups is 1. The molecule has 0 aromatic heterocycles. The number of carboxylic acid groups (broad SMARTS) is 1. The first kappa shape index (κ1) is 16.0. The molecule has 0 radical (unpaired) electrons. The molecule has 20 heavy (non-hydrogen) atoms. The molecule has 1 aromatic carbocycles. The Morgan fingerprint density at radius 2 is 1.85 bits per heavy atom. The minimum atomic E-state index is -0.770. The van der Waals surface area contributed by atoms with Crippen LogP contribution in [0.5, 0.6) is 0 Å². The van der Waals surface area contributed by atoms with E-state index in [0.717, 1.165) is 24.0 Å². The number of benzene rings is 1. The molecule has 0 heterocycles. The Hall–Kier alpha value is -2.04. The molecule has 0 spiro atoms. The lowest BCUT2D eigenvalue weighted by atomic mass is 10.1. The Bertz CT molecular complexity index is 446. The summed E-state index contributed by atoms with van der Waals surface area (Å²) in [6.07, 6.45) is 2.46. The molecule has 0 aliphatic heterocycles. The van der Waals surface area contributed by atoms with Crippen LogP contribution in [0, 0.1) is 6.92 Å². The lowest BCUT2D eigenvalue weighted by Gasteiger charge is -2.09. The molecule has 0 saturated heterocycles. The summed E-state index contributed by atoms with van der Waals surface area (Å²) in [5.41, 5.74) is 2.26. The van der Waals surface area contributed by atoms with Crippen LogP contribution in [0.15, 0.2) is 24.3 Å². The Morgan fingerprint density at radius 1 is 1.10 bits per heavy atom. The zero-order valence-corrected chi connectivity index (χ0v) is 11.8. The van der Waals surface area contributed by atoms with Crippen LogP contribution in [-0.2, 0) is 11.3 Å². The summed E-state index contributed by atoms with van der Waals surface area (Å²) in [6.45, 7) is 3.09. The molecule has 0 aliphatic rings. The summed E-state index contributed by atoms with van der Waals surface area (Å²) >= 11 is 0. The summed E-state index contributed by atoms with van der Waals surface area (Å²) in [6, 6.07) is 7.73. The van der Waals surface area contributed by atoms with Crippen LogP contribution in [0.2, 0.25) is 0 Å². The predicted molar refractivity (Wildman–Crippen MR) is 77.5 cm³/mol. The van der Waals surface area contributed by atoms with E-state index in [0.29, 0.717) is 19.5 Å². The predicted octanol–water partition coefficient (Wildman–Crippen LogP) is 2.44. The maximum Gasteiger partial charge on any atom is 0.315 e. The highest BCUT2D eigenvalue weighted by Crippen LogP contribution is 2.05. The van der Waals surface area contributed by atoms with Crippen LogP contribution in [0.4, 0.5) is 4.79 Å². The van der Waals surface area contributed by atoms with E-state index < -0.39 is 5.97 Å². The summed E-state index contributed by atoms with van der Waals surface area (Å²) in [5.74, 6) is -0.770. The van der Waals surface area contributed by atoms with Crippen LogP contribution in [-0.4, -0.2) is 23.7 Å². The quantitative estimate of drug-likeness (QED) is 0.639. The first-order chi connectivity index (χ1) is 9.59. The Kier molecular flexibility index (Phi) is 7.17. The smallest absolute Gasteiger partial charge is 0.315 e. The van der Waals surface area contributed by atoms with Gasteiger partial charge in [0.15, 0.2) is 0 Å². The Morgan fingerprint density at radius 3 is 2.55 bits per heavy atom. The van der Waals surface area contributed by atoms with Crippen LogP contribution in [0.1, 0.15) is 36.8 Å². The molecule has 1 rings (SSSR count). The van der Waals surface area contributed by atoms with Crippen molar-refractivity contribution < 1.29 is 14.7 Å². The van der Waals surface area contributed by atoms with Crippen molar-refractivity contribution in [3.05, 3.63) is 35.4 Å². The Balaban J connectivity index is 2.09. The molecule has 0 bridgehead atoms. The number of hydrogen-bond acceptors (Lipinski definition) is 2. The SMILES string of the molecule is Cc1ccccc1CNC(=O)NCCCCCC(=O)O. The van der Waals surface area contributed by atoms with Crippen molar-refractivity contribution in [2.75, 3.05) is 6.54 Å². The van der Waals surface area contributed by atoms with E-state index in [1.54, 1.807) is 0 Å². The topological polar surface area (TPSA) is 78.4 Å². The first-order valence-electron chi connectivity index (χ1n) is 6.87. The van der Waals surface area contributed by atoms with Gasteiger partial charge in [-0.1, -0.05) is 30.7 Å². The highest BCUT2D eigenvalue weighted by molar-refractivity contribution is 5.73. The van der Waals surface area contributed by atoms with E-state index in [4.69, 9.17) is 5.11 Å². The van der Waals surface area contributed by atoms with Gasteiger partial charge in [-0.3, -0.25) is 4.79 Å². The van der Waals surface area contributed by atoms with Crippen LogP contribution < -0.4 is 10.6 Å². The van der Waals surface area contributed by atoms with Crippen LogP contribution >= 0.6 is 0 Å². The van der Waals surface area contributed by atoms with Gasteiger partial charge in [-0.05, 0) is 30.9 Å². The number of carboxylic acids is 1. The molecule has 0 atom stereocenters. The molecular weight excluding hydrogens is 256 g/mol.